The number of sulfonamides is 1. The summed E-state index contributed by atoms with van der Waals surface area (Å²) in [4.78, 5) is 24.7. The maximum absolute atomic E-state index is 12.7. The Morgan fingerprint density at radius 1 is 1.07 bits per heavy atom. The van der Waals surface area contributed by atoms with Crippen molar-refractivity contribution in [2.24, 2.45) is 17.8 Å². The van der Waals surface area contributed by atoms with Gasteiger partial charge >= 0.3 is 0 Å². The molecule has 1 aliphatic heterocycles. The van der Waals surface area contributed by atoms with Gasteiger partial charge in [0.1, 0.15) is 0 Å². The largest absolute Gasteiger partial charge is 0.273 e. The van der Waals surface area contributed by atoms with Gasteiger partial charge in [-0.05, 0) is 68.1 Å². The van der Waals surface area contributed by atoms with E-state index in [1.807, 2.05) is 0 Å². The Morgan fingerprint density at radius 3 is 2.54 bits per heavy atom. The third kappa shape index (κ3) is 3.93. The van der Waals surface area contributed by atoms with Crippen molar-refractivity contribution in [3.63, 3.8) is 0 Å². The second kappa shape index (κ2) is 7.83. The van der Waals surface area contributed by atoms with Gasteiger partial charge in [0.2, 0.25) is 15.9 Å². The van der Waals surface area contributed by atoms with Crippen LogP contribution in [-0.4, -0.2) is 37.6 Å². The van der Waals surface area contributed by atoms with E-state index in [4.69, 9.17) is 0 Å². The van der Waals surface area contributed by atoms with Crippen LogP contribution in [0.4, 0.5) is 0 Å². The lowest BCUT2D eigenvalue weighted by Gasteiger charge is -2.21. The molecule has 2 aliphatic carbocycles. The van der Waals surface area contributed by atoms with Gasteiger partial charge in [0, 0.05) is 25.1 Å². The summed E-state index contributed by atoms with van der Waals surface area (Å²) in [5.74, 6) is 1.15. The summed E-state index contributed by atoms with van der Waals surface area (Å²) in [6.07, 6.45) is 7.00. The highest BCUT2D eigenvalue weighted by atomic mass is 32.2. The third-order valence-electron chi connectivity index (χ3n) is 6.45. The first-order valence-electron chi connectivity index (χ1n) is 10.1. The minimum atomic E-state index is -3.58. The minimum absolute atomic E-state index is 0.107. The van der Waals surface area contributed by atoms with Gasteiger partial charge in [-0.1, -0.05) is 12.5 Å². The number of hydrogen-bond donors (Lipinski definition) is 2. The fourth-order valence-electron chi connectivity index (χ4n) is 4.99. The van der Waals surface area contributed by atoms with Crippen LogP contribution in [0.15, 0.2) is 29.2 Å². The first-order valence-corrected chi connectivity index (χ1v) is 11.6. The lowest BCUT2D eigenvalue weighted by Crippen LogP contribution is -2.42. The van der Waals surface area contributed by atoms with E-state index < -0.39 is 15.9 Å². The molecular weight excluding hydrogens is 378 g/mol. The van der Waals surface area contributed by atoms with Gasteiger partial charge in [-0.2, -0.15) is 4.31 Å². The Balaban J connectivity index is 1.34. The van der Waals surface area contributed by atoms with Crippen LogP contribution in [0.5, 0.6) is 0 Å². The summed E-state index contributed by atoms with van der Waals surface area (Å²) in [6, 6.07) is 5.96. The maximum atomic E-state index is 12.7. The molecule has 7 nitrogen and oxygen atoms in total. The zero-order valence-electron chi connectivity index (χ0n) is 15.9. The predicted octanol–water partition coefficient (Wildman–Crippen LogP) is 2.06. The summed E-state index contributed by atoms with van der Waals surface area (Å²) in [5, 5.41) is 0. The number of nitrogens with one attached hydrogen (secondary N) is 2. The van der Waals surface area contributed by atoms with E-state index in [2.05, 4.69) is 10.9 Å². The van der Waals surface area contributed by atoms with Crippen LogP contribution < -0.4 is 10.9 Å². The molecule has 2 saturated carbocycles. The van der Waals surface area contributed by atoms with Gasteiger partial charge in [0.05, 0.1) is 4.90 Å². The Hall–Kier alpha value is -1.93. The zero-order valence-corrected chi connectivity index (χ0v) is 16.7. The molecule has 28 heavy (non-hydrogen) atoms. The topological polar surface area (TPSA) is 95.6 Å². The van der Waals surface area contributed by atoms with Crippen molar-refractivity contribution >= 4 is 21.8 Å². The van der Waals surface area contributed by atoms with Gasteiger partial charge < -0.3 is 0 Å². The molecule has 4 rings (SSSR count). The highest BCUT2D eigenvalue weighted by Crippen LogP contribution is 2.49. The fraction of sp³-hybridized carbons (Fsp3) is 0.600. The second-order valence-corrected chi connectivity index (χ2v) is 10.2. The van der Waals surface area contributed by atoms with Crippen molar-refractivity contribution in [1.82, 2.24) is 15.2 Å². The molecule has 152 valence electrons. The molecule has 1 saturated heterocycles. The number of fused-ring (bicyclic) bond motifs is 2. The highest BCUT2D eigenvalue weighted by molar-refractivity contribution is 7.89. The molecule has 3 atom stereocenters. The van der Waals surface area contributed by atoms with E-state index in [1.165, 1.54) is 35.7 Å². The Labute approximate surface area is 165 Å². The van der Waals surface area contributed by atoms with Gasteiger partial charge in [-0.25, -0.2) is 8.42 Å². The summed E-state index contributed by atoms with van der Waals surface area (Å²) >= 11 is 0. The number of carbonyl (C=O) groups is 2. The van der Waals surface area contributed by atoms with E-state index in [0.717, 1.165) is 25.2 Å². The Kier molecular flexibility index (Phi) is 5.42. The molecule has 2 bridgehead atoms. The minimum Gasteiger partial charge on any atom is -0.273 e. The van der Waals surface area contributed by atoms with Crippen molar-refractivity contribution in [3.8, 4) is 0 Å². The first-order chi connectivity index (χ1) is 13.4. The van der Waals surface area contributed by atoms with Crippen LogP contribution in [-0.2, 0) is 14.8 Å². The molecule has 3 fully saturated rings. The monoisotopic (exact) mass is 405 g/mol. The van der Waals surface area contributed by atoms with Crippen molar-refractivity contribution in [1.29, 1.82) is 0 Å². The molecule has 3 aliphatic rings. The van der Waals surface area contributed by atoms with Crippen molar-refractivity contribution in [2.75, 3.05) is 13.1 Å². The molecule has 0 aromatic heterocycles. The van der Waals surface area contributed by atoms with Crippen LogP contribution in [0, 0.1) is 17.8 Å². The Morgan fingerprint density at radius 2 is 1.86 bits per heavy atom. The average molecular weight is 406 g/mol. The van der Waals surface area contributed by atoms with E-state index in [9.17, 15) is 18.0 Å². The van der Waals surface area contributed by atoms with Crippen molar-refractivity contribution < 1.29 is 18.0 Å². The SMILES string of the molecule is O=C(C[C@@H]1C[C@H]2CC[C@@H]1C2)NNC(=O)c1cccc(S(=O)(=O)N2CCCC2)c1. The molecule has 1 aromatic carbocycles. The first kappa shape index (κ1) is 19.4. The van der Waals surface area contributed by atoms with Gasteiger partial charge in [-0.3, -0.25) is 20.4 Å². The molecule has 0 radical (unpaired) electrons. The lowest BCUT2D eigenvalue weighted by molar-refractivity contribution is -0.123. The maximum Gasteiger partial charge on any atom is 0.269 e. The highest BCUT2D eigenvalue weighted by Gasteiger charge is 2.40. The molecule has 0 unspecified atom stereocenters. The number of hydrazine groups is 1. The fourth-order valence-corrected chi connectivity index (χ4v) is 6.55. The molecule has 1 heterocycles. The molecule has 0 spiro atoms. The summed E-state index contributed by atoms with van der Waals surface area (Å²) in [6.45, 7) is 1.02. The van der Waals surface area contributed by atoms with Crippen LogP contribution >= 0.6 is 0 Å². The Bertz CT molecular complexity index is 864. The van der Waals surface area contributed by atoms with E-state index in [-0.39, 0.29) is 16.4 Å². The number of nitrogens with zero attached hydrogens (tertiary/aromatic N) is 1. The van der Waals surface area contributed by atoms with E-state index in [1.54, 1.807) is 12.1 Å². The summed E-state index contributed by atoms with van der Waals surface area (Å²) in [7, 11) is -3.58. The number of benzene rings is 1. The normalized spacial score (nSPS) is 27.1. The van der Waals surface area contributed by atoms with Gasteiger partial charge in [-0.15, -0.1) is 0 Å². The van der Waals surface area contributed by atoms with Crippen molar-refractivity contribution in [2.45, 2.75) is 49.8 Å². The quantitative estimate of drug-likeness (QED) is 0.733. The zero-order chi connectivity index (χ0) is 19.7. The lowest BCUT2D eigenvalue weighted by atomic mass is 9.86. The molecular formula is C20H27N3O4S. The van der Waals surface area contributed by atoms with Crippen LogP contribution in [0.1, 0.15) is 55.3 Å². The number of rotatable bonds is 5. The van der Waals surface area contributed by atoms with Crippen LogP contribution in [0.3, 0.4) is 0 Å². The number of carbonyl (C=O) groups excluding carboxylic acids is 2. The molecule has 1 aromatic rings. The molecule has 2 amide bonds. The number of amides is 2. The predicted molar refractivity (Wildman–Crippen MR) is 104 cm³/mol. The van der Waals surface area contributed by atoms with Gasteiger partial charge in [0.25, 0.3) is 5.91 Å². The smallest absolute Gasteiger partial charge is 0.269 e. The van der Waals surface area contributed by atoms with Crippen LogP contribution in [0.2, 0.25) is 0 Å². The van der Waals surface area contributed by atoms with Crippen molar-refractivity contribution in [3.05, 3.63) is 29.8 Å². The van der Waals surface area contributed by atoms with Crippen LogP contribution in [0.25, 0.3) is 0 Å². The van der Waals surface area contributed by atoms with E-state index in [0.29, 0.717) is 31.3 Å². The third-order valence-corrected chi connectivity index (χ3v) is 8.34. The average Bonchev–Trinajstić information content (AvgIpc) is 3.44. The number of hydrogen-bond acceptors (Lipinski definition) is 4. The van der Waals surface area contributed by atoms with Gasteiger partial charge in [0.15, 0.2) is 0 Å². The summed E-state index contributed by atoms with van der Waals surface area (Å²) < 4.78 is 26.8. The standard InChI is InChI=1S/C20H27N3O4S/c24-19(13-17-11-14-6-7-15(17)10-14)21-22-20(25)16-4-3-5-18(12-16)28(26,27)23-8-1-2-9-23/h3-5,12,14-15,17H,1-2,6-11,13H2,(H,21,24)(H,22,25)/t14-,15+,17-/m0/s1. The summed E-state index contributed by atoms with van der Waals surface area (Å²) in [5.41, 5.74) is 5.11. The second-order valence-electron chi connectivity index (χ2n) is 8.28. The molecule has 8 heteroatoms. The molecule has 2 N–H and O–H groups in total. The van der Waals surface area contributed by atoms with E-state index >= 15 is 0 Å².